The topological polar surface area (TPSA) is 70.6 Å². The molecule has 1 aliphatic heterocycles. The highest BCUT2D eigenvalue weighted by Crippen LogP contribution is 2.27. The first-order valence-corrected chi connectivity index (χ1v) is 10.6. The van der Waals surface area contributed by atoms with Gasteiger partial charge in [-0.25, -0.2) is 9.97 Å². The van der Waals surface area contributed by atoms with E-state index in [1.165, 1.54) is 0 Å². The molecule has 1 atom stereocenters. The molecule has 3 aromatic rings. The molecule has 1 amide bonds. The van der Waals surface area contributed by atoms with Crippen molar-refractivity contribution < 1.29 is 9.53 Å². The molecule has 1 aliphatic rings. The van der Waals surface area contributed by atoms with E-state index < -0.39 is 0 Å². The number of carbonyl (C=O) groups is 1. The van der Waals surface area contributed by atoms with Crippen LogP contribution in [0.25, 0.3) is 10.2 Å². The Labute approximate surface area is 174 Å². The second-order valence-electron chi connectivity index (χ2n) is 7.11. The first-order chi connectivity index (χ1) is 14.2. The Balaban J connectivity index is 1.32. The van der Waals surface area contributed by atoms with E-state index in [4.69, 9.17) is 4.74 Å². The maximum atomic E-state index is 12.6. The maximum Gasteiger partial charge on any atom is 0.237 e. The van der Waals surface area contributed by atoms with Crippen LogP contribution in [0.15, 0.2) is 42.0 Å². The Kier molecular flexibility index (Phi) is 5.92. The van der Waals surface area contributed by atoms with Crippen molar-refractivity contribution >= 4 is 33.3 Å². The summed E-state index contributed by atoms with van der Waals surface area (Å²) in [6.07, 6.45) is 1.63. The van der Waals surface area contributed by atoms with Gasteiger partial charge < -0.3 is 15.0 Å². The predicted molar refractivity (Wildman–Crippen MR) is 116 cm³/mol. The molecule has 1 unspecified atom stereocenters. The van der Waals surface area contributed by atoms with Crippen molar-refractivity contribution in [1.29, 1.82) is 0 Å². The number of carbonyl (C=O) groups excluding carboxylic acids is 1. The Hall–Kier alpha value is -2.71. The van der Waals surface area contributed by atoms with E-state index in [-0.39, 0.29) is 11.9 Å². The first kappa shape index (κ1) is 19.6. The van der Waals surface area contributed by atoms with Crippen LogP contribution < -0.4 is 15.0 Å². The summed E-state index contributed by atoms with van der Waals surface area (Å²) in [5.41, 5.74) is 1.03. The third-order valence-corrected chi connectivity index (χ3v) is 6.20. The van der Waals surface area contributed by atoms with Gasteiger partial charge in [-0.3, -0.25) is 9.69 Å². The minimum atomic E-state index is -0.172. The molecule has 4 rings (SSSR count). The van der Waals surface area contributed by atoms with Gasteiger partial charge in [-0.15, -0.1) is 11.3 Å². The van der Waals surface area contributed by atoms with Gasteiger partial charge in [0.25, 0.3) is 0 Å². The van der Waals surface area contributed by atoms with Crippen molar-refractivity contribution in [1.82, 2.24) is 20.2 Å². The van der Waals surface area contributed by atoms with Crippen molar-refractivity contribution in [2.24, 2.45) is 0 Å². The van der Waals surface area contributed by atoms with E-state index in [9.17, 15) is 4.79 Å². The van der Waals surface area contributed by atoms with Crippen LogP contribution in [-0.2, 0) is 11.3 Å². The van der Waals surface area contributed by atoms with Crippen molar-refractivity contribution in [3.63, 3.8) is 0 Å². The first-order valence-electron chi connectivity index (χ1n) is 9.73. The number of anilines is 1. The zero-order valence-corrected chi connectivity index (χ0v) is 17.5. The molecule has 7 nitrogen and oxygen atoms in total. The fourth-order valence-electron chi connectivity index (χ4n) is 3.64. The number of methoxy groups -OCH3 is 1. The molecular formula is C21H25N5O2S. The van der Waals surface area contributed by atoms with Gasteiger partial charge in [0.15, 0.2) is 0 Å². The Morgan fingerprint density at radius 3 is 2.86 bits per heavy atom. The zero-order valence-electron chi connectivity index (χ0n) is 16.7. The van der Waals surface area contributed by atoms with Crippen molar-refractivity contribution in [2.75, 3.05) is 38.2 Å². The van der Waals surface area contributed by atoms with Crippen LogP contribution in [0.3, 0.4) is 0 Å². The van der Waals surface area contributed by atoms with E-state index in [1.54, 1.807) is 24.8 Å². The maximum absolute atomic E-state index is 12.6. The molecule has 1 aromatic carbocycles. The number of hydrogen-bond donors (Lipinski definition) is 1. The summed E-state index contributed by atoms with van der Waals surface area (Å²) in [6, 6.07) is 9.66. The van der Waals surface area contributed by atoms with Gasteiger partial charge >= 0.3 is 0 Å². The van der Waals surface area contributed by atoms with Gasteiger partial charge in [-0.1, -0.05) is 12.1 Å². The fraction of sp³-hybridized carbons (Fsp3) is 0.381. The van der Waals surface area contributed by atoms with E-state index in [0.717, 1.165) is 53.5 Å². The third kappa shape index (κ3) is 4.33. The summed E-state index contributed by atoms with van der Waals surface area (Å²) >= 11 is 1.63. The molecule has 0 radical (unpaired) electrons. The number of nitrogens with zero attached hydrogens (tertiary/aromatic N) is 4. The van der Waals surface area contributed by atoms with Crippen molar-refractivity contribution in [3.05, 3.63) is 47.6 Å². The summed E-state index contributed by atoms with van der Waals surface area (Å²) in [4.78, 5) is 27.0. The lowest BCUT2D eigenvalue weighted by molar-refractivity contribution is -0.126. The molecule has 1 saturated heterocycles. The van der Waals surface area contributed by atoms with Crippen molar-refractivity contribution in [3.8, 4) is 5.75 Å². The quantitative estimate of drug-likeness (QED) is 0.672. The molecule has 0 aliphatic carbocycles. The van der Waals surface area contributed by atoms with Crippen LogP contribution in [0.1, 0.15) is 12.5 Å². The van der Waals surface area contributed by atoms with Crippen molar-refractivity contribution in [2.45, 2.75) is 19.5 Å². The SMILES string of the molecule is COc1cccc(CNC(=O)C(C)N2CCN(c3ncnc4sccc34)CC2)c1. The molecule has 0 bridgehead atoms. The predicted octanol–water partition coefficient (Wildman–Crippen LogP) is 2.53. The number of rotatable bonds is 6. The molecule has 29 heavy (non-hydrogen) atoms. The molecular weight excluding hydrogens is 386 g/mol. The number of nitrogens with one attached hydrogen (secondary N) is 1. The van der Waals surface area contributed by atoms with Crippen LogP contribution in [0.5, 0.6) is 5.75 Å². The minimum Gasteiger partial charge on any atom is -0.497 e. The van der Waals surface area contributed by atoms with E-state index in [0.29, 0.717) is 6.54 Å². The lowest BCUT2D eigenvalue weighted by Gasteiger charge is -2.38. The molecule has 2 aromatic heterocycles. The van der Waals surface area contributed by atoms with Crippen LogP contribution in [0.4, 0.5) is 5.82 Å². The molecule has 1 N–H and O–H groups in total. The normalized spacial score (nSPS) is 16.0. The van der Waals surface area contributed by atoms with Crippen LogP contribution in [0.2, 0.25) is 0 Å². The lowest BCUT2D eigenvalue weighted by atomic mass is 10.2. The number of hydrogen-bond acceptors (Lipinski definition) is 7. The van der Waals surface area contributed by atoms with Gasteiger partial charge in [0, 0.05) is 32.7 Å². The number of fused-ring (bicyclic) bond motifs is 1. The summed E-state index contributed by atoms with van der Waals surface area (Å²) in [5.74, 6) is 1.83. The Bertz CT molecular complexity index is 984. The monoisotopic (exact) mass is 411 g/mol. The van der Waals surface area contributed by atoms with Gasteiger partial charge in [0.05, 0.1) is 18.5 Å². The largest absolute Gasteiger partial charge is 0.497 e. The summed E-state index contributed by atoms with van der Waals surface area (Å²) in [6.45, 7) is 5.80. The Morgan fingerprint density at radius 1 is 1.24 bits per heavy atom. The summed E-state index contributed by atoms with van der Waals surface area (Å²) in [7, 11) is 1.64. The molecule has 152 valence electrons. The summed E-state index contributed by atoms with van der Waals surface area (Å²) in [5, 5.41) is 6.20. The zero-order chi connectivity index (χ0) is 20.2. The number of benzene rings is 1. The average Bonchev–Trinajstić information content (AvgIpc) is 3.26. The van der Waals surface area contributed by atoms with Gasteiger partial charge in [0.2, 0.25) is 5.91 Å². The van der Waals surface area contributed by atoms with Gasteiger partial charge in [0.1, 0.15) is 22.7 Å². The van der Waals surface area contributed by atoms with E-state index in [2.05, 4.69) is 31.2 Å². The minimum absolute atomic E-state index is 0.0449. The average molecular weight is 412 g/mol. The highest BCUT2D eigenvalue weighted by Gasteiger charge is 2.26. The van der Waals surface area contributed by atoms with Gasteiger partial charge in [-0.05, 0) is 36.1 Å². The molecule has 0 spiro atoms. The molecule has 0 saturated carbocycles. The Morgan fingerprint density at radius 2 is 2.07 bits per heavy atom. The summed E-state index contributed by atoms with van der Waals surface area (Å²) < 4.78 is 5.24. The molecule has 3 heterocycles. The number of amides is 1. The standard InChI is InChI=1S/C21H25N5O2S/c1-15(20(27)22-13-16-4-3-5-17(12-16)28-2)25-7-9-26(10-8-25)19-18-6-11-29-21(18)24-14-23-19/h3-6,11-12,14-15H,7-10,13H2,1-2H3,(H,22,27). The number of aromatic nitrogens is 2. The van der Waals surface area contributed by atoms with Gasteiger partial charge in [-0.2, -0.15) is 0 Å². The highest BCUT2D eigenvalue weighted by atomic mass is 32.1. The van der Waals surface area contributed by atoms with Crippen LogP contribution in [0, 0.1) is 0 Å². The van der Waals surface area contributed by atoms with E-state index >= 15 is 0 Å². The van der Waals surface area contributed by atoms with E-state index in [1.807, 2.05) is 36.6 Å². The second-order valence-corrected chi connectivity index (χ2v) is 8.00. The highest BCUT2D eigenvalue weighted by molar-refractivity contribution is 7.16. The second kappa shape index (κ2) is 8.75. The fourth-order valence-corrected chi connectivity index (χ4v) is 4.36. The third-order valence-electron chi connectivity index (χ3n) is 5.38. The smallest absolute Gasteiger partial charge is 0.237 e. The molecule has 1 fully saturated rings. The number of ether oxygens (including phenoxy) is 1. The number of thiophene rings is 1. The van der Waals surface area contributed by atoms with Crippen LogP contribution in [-0.4, -0.2) is 60.1 Å². The molecule has 8 heteroatoms. The van der Waals surface area contributed by atoms with Crippen LogP contribution >= 0.6 is 11.3 Å². The number of piperazine rings is 1. The lowest BCUT2D eigenvalue weighted by Crippen LogP contribution is -2.54.